The van der Waals surface area contributed by atoms with Crippen molar-refractivity contribution in [3.05, 3.63) is 29.8 Å². The van der Waals surface area contributed by atoms with Gasteiger partial charge >= 0.3 is 17.8 Å². The molecular weight excluding hydrogens is 314 g/mol. The summed E-state index contributed by atoms with van der Waals surface area (Å²) >= 11 is 0. The number of hydrogen-bond donors (Lipinski definition) is 1. The number of carbonyl (C=O) groups excluding carboxylic acids is 4. The van der Waals surface area contributed by atoms with E-state index in [1.165, 1.54) is 7.11 Å². The van der Waals surface area contributed by atoms with Crippen LogP contribution >= 0.6 is 0 Å². The highest BCUT2D eigenvalue weighted by atomic mass is 16.5. The molecule has 0 radical (unpaired) electrons. The largest absolute Gasteiger partial charge is 0.497 e. The second-order valence-corrected chi connectivity index (χ2v) is 5.64. The predicted molar refractivity (Wildman–Crippen MR) is 83.9 cm³/mol. The number of amides is 5. The Morgan fingerprint density at radius 1 is 1.17 bits per heavy atom. The molecule has 0 aliphatic carbocycles. The van der Waals surface area contributed by atoms with Crippen LogP contribution in [0.15, 0.2) is 24.3 Å². The highest BCUT2D eigenvalue weighted by molar-refractivity contribution is 6.44. The second kappa shape index (κ2) is 7.12. The van der Waals surface area contributed by atoms with Crippen LogP contribution in [0.3, 0.4) is 0 Å². The summed E-state index contributed by atoms with van der Waals surface area (Å²) in [5, 5.41) is 2.57. The van der Waals surface area contributed by atoms with E-state index in [2.05, 4.69) is 5.32 Å². The summed E-state index contributed by atoms with van der Waals surface area (Å²) in [7, 11) is 1.50. The molecule has 0 spiro atoms. The van der Waals surface area contributed by atoms with Crippen molar-refractivity contribution < 1.29 is 23.9 Å². The van der Waals surface area contributed by atoms with E-state index in [1.807, 2.05) is 0 Å². The van der Waals surface area contributed by atoms with Gasteiger partial charge in [0.2, 0.25) is 5.91 Å². The third kappa shape index (κ3) is 3.70. The Hall–Kier alpha value is -2.90. The fraction of sp³-hybridized carbons (Fsp3) is 0.375. The first-order valence-electron chi connectivity index (χ1n) is 7.43. The Balaban J connectivity index is 2.12. The maximum absolute atomic E-state index is 12.3. The van der Waals surface area contributed by atoms with E-state index in [4.69, 9.17) is 4.74 Å². The summed E-state index contributed by atoms with van der Waals surface area (Å²) < 4.78 is 5.09. The fourth-order valence-electron chi connectivity index (χ4n) is 2.29. The lowest BCUT2D eigenvalue weighted by Gasteiger charge is -2.16. The molecule has 1 heterocycles. The molecule has 0 saturated carbocycles. The number of benzene rings is 1. The van der Waals surface area contributed by atoms with Crippen molar-refractivity contribution >= 4 is 23.8 Å². The van der Waals surface area contributed by atoms with Crippen LogP contribution in [0.1, 0.15) is 19.4 Å². The Morgan fingerprint density at radius 3 is 2.46 bits per heavy atom. The molecule has 1 aliphatic rings. The van der Waals surface area contributed by atoms with Gasteiger partial charge in [0, 0.05) is 6.04 Å². The monoisotopic (exact) mass is 333 g/mol. The average Bonchev–Trinajstić information content (AvgIpc) is 2.72. The SMILES string of the molecule is COc1cccc(CN2C(=O)C(=O)N(CC(=O)NC(C)C)C2=O)c1. The third-order valence-electron chi connectivity index (χ3n) is 3.36. The average molecular weight is 333 g/mol. The van der Waals surface area contributed by atoms with Crippen molar-refractivity contribution in [1.82, 2.24) is 15.1 Å². The Bertz CT molecular complexity index is 686. The van der Waals surface area contributed by atoms with Gasteiger partial charge in [-0.15, -0.1) is 0 Å². The first-order valence-corrected chi connectivity index (χ1v) is 7.43. The summed E-state index contributed by atoms with van der Waals surface area (Å²) in [6.07, 6.45) is 0. The van der Waals surface area contributed by atoms with E-state index in [-0.39, 0.29) is 12.6 Å². The van der Waals surface area contributed by atoms with Crippen molar-refractivity contribution in [2.45, 2.75) is 26.4 Å². The van der Waals surface area contributed by atoms with Crippen molar-refractivity contribution in [3.8, 4) is 5.75 Å². The standard InChI is InChI=1S/C16H19N3O5/c1-10(2)17-13(20)9-19-15(22)14(21)18(16(19)23)8-11-5-4-6-12(7-11)24-3/h4-7,10H,8-9H2,1-3H3,(H,17,20). The van der Waals surface area contributed by atoms with E-state index in [0.29, 0.717) is 16.2 Å². The molecule has 8 heteroatoms. The van der Waals surface area contributed by atoms with Gasteiger partial charge in [-0.05, 0) is 31.5 Å². The number of ether oxygens (including phenoxy) is 1. The number of urea groups is 1. The molecule has 128 valence electrons. The van der Waals surface area contributed by atoms with E-state index in [1.54, 1.807) is 38.1 Å². The molecule has 1 saturated heterocycles. The zero-order valence-corrected chi connectivity index (χ0v) is 13.7. The molecule has 24 heavy (non-hydrogen) atoms. The van der Waals surface area contributed by atoms with Crippen LogP contribution in [-0.4, -0.2) is 53.2 Å². The summed E-state index contributed by atoms with van der Waals surface area (Å²) in [4.78, 5) is 49.5. The predicted octanol–water partition coefficient (Wildman–Crippen LogP) is 0.511. The van der Waals surface area contributed by atoms with Crippen LogP contribution in [0.25, 0.3) is 0 Å². The number of carbonyl (C=O) groups is 4. The van der Waals surface area contributed by atoms with Gasteiger partial charge in [-0.25, -0.2) is 9.69 Å². The zero-order chi connectivity index (χ0) is 17.9. The first kappa shape index (κ1) is 17.5. The number of rotatable bonds is 6. The maximum Gasteiger partial charge on any atom is 0.335 e. The van der Waals surface area contributed by atoms with Gasteiger partial charge in [-0.3, -0.25) is 19.3 Å². The molecule has 1 aromatic carbocycles. The van der Waals surface area contributed by atoms with Crippen LogP contribution in [0.5, 0.6) is 5.75 Å². The van der Waals surface area contributed by atoms with Crippen molar-refractivity contribution in [1.29, 1.82) is 0 Å². The second-order valence-electron chi connectivity index (χ2n) is 5.64. The Morgan fingerprint density at radius 2 is 1.83 bits per heavy atom. The number of nitrogens with zero attached hydrogens (tertiary/aromatic N) is 2. The van der Waals surface area contributed by atoms with E-state index < -0.39 is 30.3 Å². The highest BCUT2D eigenvalue weighted by Gasteiger charge is 2.45. The van der Waals surface area contributed by atoms with Crippen LogP contribution in [0.2, 0.25) is 0 Å². The molecular formula is C16H19N3O5. The van der Waals surface area contributed by atoms with Crippen LogP contribution in [0.4, 0.5) is 4.79 Å². The summed E-state index contributed by atoms with van der Waals surface area (Å²) in [6, 6.07) is 5.89. The lowest BCUT2D eigenvalue weighted by molar-refractivity contribution is -0.144. The molecule has 1 N–H and O–H groups in total. The molecule has 5 amide bonds. The first-order chi connectivity index (χ1) is 11.3. The van der Waals surface area contributed by atoms with Crippen LogP contribution in [-0.2, 0) is 20.9 Å². The topological polar surface area (TPSA) is 96.0 Å². The highest BCUT2D eigenvalue weighted by Crippen LogP contribution is 2.19. The summed E-state index contributed by atoms with van der Waals surface area (Å²) in [5.41, 5.74) is 0.636. The van der Waals surface area contributed by atoms with Crippen molar-refractivity contribution in [3.63, 3.8) is 0 Å². The minimum Gasteiger partial charge on any atom is -0.497 e. The van der Waals surface area contributed by atoms with Crippen molar-refractivity contribution in [2.24, 2.45) is 0 Å². The van der Waals surface area contributed by atoms with Gasteiger partial charge in [0.05, 0.1) is 13.7 Å². The molecule has 1 aliphatic heterocycles. The maximum atomic E-state index is 12.3. The zero-order valence-electron chi connectivity index (χ0n) is 13.7. The van der Waals surface area contributed by atoms with Gasteiger partial charge in [0.1, 0.15) is 12.3 Å². The summed E-state index contributed by atoms with van der Waals surface area (Å²) in [6.45, 7) is 2.97. The van der Waals surface area contributed by atoms with Gasteiger partial charge in [-0.1, -0.05) is 12.1 Å². The Kier molecular flexibility index (Phi) is 5.18. The van der Waals surface area contributed by atoms with E-state index >= 15 is 0 Å². The number of hydrogen-bond acceptors (Lipinski definition) is 5. The van der Waals surface area contributed by atoms with Gasteiger partial charge in [0.25, 0.3) is 0 Å². The summed E-state index contributed by atoms with van der Waals surface area (Å²) in [5.74, 6) is -1.87. The molecule has 0 aromatic heterocycles. The van der Waals surface area contributed by atoms with Gasteiger partial charge < -0.3 is 10.1 Å². The van der Waals surface area contributed by atoms with Gasteiger partial charge in [-0.2, -0.15) is 0 Å². The molecule has 0 unspecified atom stereocenters. The lowest BCUT2D eigenvalue weighted by atomic mass is 10.2. The Labute approximate surface area is 139 Å². The number of nitrogens with one attached hydrogen (secondary N) is 1. The third-order valence-corrected chi connectivity index (χ3v) is 3.36. The van der Waals surface area contributed by atoms with Crippen LogP contribution in [0, 0.1) is 0 Å². The molecule has 2 rings (SSSR count). The number of methoxy groups -OCH3 is 1. The normalized spacial score (nSPS) is 14.6. The number of imide groups is 2. The van der Waals surface area contributed by atoms with E-state index in [9.17, 15) is 19.2 Å². The lowest BCUT2D eigenvalue weighted by Crippen LogP contribution is -2.43. The smallest absolute Gasteiger partial charge is 0.335 e. The minimum atomic E-state index is -0.998. The minimum absolute atomic E-state index is 0.0666. The fourth-order valence-corrected chi connectivity index (χ4v) is 2.29. The molecule has 0 atom stereocenters. The molecule has 1 fully saturated rings. The van der Waals surface area contributed by atoms with Crippen molar-refractivity contribution in [2.75, 3.05) is 13.7 Å². The van der Waals surface area contributed by atoms with Gasteiger partial charge in [0.15, 0.2) is 0 Å². The molecule has 0 bridgehead atoms. The van der Waals surface area contributed by atoms with Crippen LogP contribution < -0.4 is 10.1 Å². The molecule has 8 nitrogen and oxygen atoms in total. The molecule has 1 aromatic rings. The quantitative estimate of drug-likeness (QED) is 0.604. The van der Waals surface area contributed by atoms with E-state index in [0.717, 1.165) is 4.90 Å².